The first kappa shape index (κ1) is 18.2. The molecule has 3 aromatic carbocycles. The van der Waals surface area contributed by atoms with Crippen LogP contribution in [0.1, 0.15) is 22.3 Å². The summed E-state index contributed by atoms with van der Waals surface area (Å²) in [6, 6.07) is 21.6. The number of aromatic nitrogens is 1. The molecule has 0 bridgehead atoms. The first-order chi connectivity index (χ1) is 14.1. The van der Waals surface area contributed by atoms with Gasteiger partial charge < -0.3 is 5.32 Å². The van der Waals surface area contributed by atoms with E-state index in [0.717, 1.165) is 34.8 Å². The third-order valence-electron chi connectivity index (χ3n) is 5.87. The van der Waals surface area contributed by atoms with Gasteiger partial charge in [-0.3, -0.25) is 0 Å². The van der Waals surface area contributed by atoms with Crippen molar-refractivity contribution in [3.63, 3.8) is 0 Å². The van der Waals surface area contributed by atoms with Gasteiger partial charge in [-0.1, -0.05) is 54.6 Å². The second kappa shape index (κ2) is 6.87. The van der Waals surface area contributed by atoms with E-state index in [-0.39, 0.29) is 0 Å². The first-order valence-corrected chi connectivity index (χ1v) is 11.3. The molecule has 1 atom stereocenters. The summed E-state index contributed by atoms with van der Waals surface area (Å²) in [6.07, 6.45) is 3.18. The van der Waals surface area contributed by atoms with Crippen molar-refractivity contribution in [2.24, 2.45) is 0 Å². The molecule has 4 nitrogen and oxygen atoms in total. The van der Waals surface area contributed by atoms with E-state index in [0.29, 0.717) is 11.4 Å². The fraction of sp³-hybridized carbons (Fsp3) is 0.167. The maximum atomic E-state index is 13.7. The molecule has 146 valence electrons. The van der Waals surface area contributed by atoms with E-state index >= 15 is 0 Å². The normalized spacial score (nSPS) is 16.0. The summed E-state index contributed by atoms with van der Waals surface area (Å²) in [5.41, 5.74) is 2.70. The molecule has 0 spiro atoms. The van der Waals surface area contributed by atoms with E-state index in [4.69, 9.17) is 0 Å². The van der Waals surface area contributed by atoms with Crippen molar-refractivity contribution in [1.29, 1.82) is 0 Å². The van der Waals surface area contributed by atoms with Crippen LogP contribution in [-0.4, -0.2) is 25.5 Å². The van der Waals surface area contributed by atoms with Crippen molar-refractivity contribution in [3.05, 3.63) is 96.7 Å². The second-order valence-electron chi connectivity index (χ2n) is 7.55. The Labute approximate surface area is 170 Å². The number of hydrogen-bond donors (Lipinski definition) is 1. The zero-order valence-electron chi connectivity index (χ0n) is 16.0. The van der Waals surface area contributed by atoms with Gasteiger partial charge in [0.1, 0.15) is 5.25 Å². The number of nitrogens with one attached hydrogen (secondary N) is 1. The second-order valence-corrected chi connectivity index (χ2v) is 9.49. The summed E-state index contributed by atoms with van der Waals surface area (Å²) in [5.74, 6) is 0.510. The molecule has 1 N–H and O–H groups in total. The van der Waals surface area contributed by atoms with Crippen LogP contribution in [0.15, 0.2) is 85.6 Å². The Morgan fingerprint density at radius 2 is 1.79 bits per heavy atom. The van der Waals surface area contributed by atoms with Crippen LogP contribution in [0.2, 0.25) is 0 Å². The van der Waals surface area contributed by atoms with Gasteiger partial charge in [0.15, 0.2) is 0 Å². The first-order valence-electron chi connectivity index (χ1n) is 9.76. The molecule has 5 rings (SSSR count). The average molecular weight is 403 g/mol. The lowest BCUT2D eigenvalue weighted by molar-refractivity contribution is 0.449. The lowest BCUT2D eigenvalue weighted by Crippen LogP contribution is -2.39. The lowest BCUT2D eigenvalue weighted by atomic mass is 9.93. The minimum atomic E-state index is -3.72. The third kappa shape index (κ3) is 2.89. The molecule has 0 amide bonds. The molecule has 1 fully saturated rings. The van der Waals surface area contributed by atoms with E-state index < -0.39 is 15.3 Å². The van der Waals surface area contributed by atoms with Gasteiger partial charge in [0.2, 0.25) is 10.0 Å². The van der Waals surface area contributed by atoms with Gasteiger partial charge in [0.25, 0.3) is 0 Å². The number of benzene rings is 3. The fourth-order valence-electron chi connectivity index (χ4n) is 4.17. The van der Waals surface area contributed by atoms with Crippen LogP contribution in [0.25, 0.3) is 21.7 Å². The fourth-order valence-corrected chi connectivity index (χ4v) is 5.85. The van der Waals surface area contributed by atoms with Crippen molar-refractivity contribution in [1.82, 2.24) is 9.29 Å². The summed E-state index contributed by atoms with van der Waals surface area (Å²) in [6.45, 7) is 5.81. The van der Waals surface area contributed by atoms with Gasteiger partial charge in [-0.2, -0.15) is 0 Å². The molecule has 0 aliphatic carbocycles. The smallest absolute Gasteiger partial charge is 0.249 e. The molecule has 29 heavy (non-hydrogen) atoms. The van der Waals surface area contributed by atoms with E-state index in [1.807, 2.05) is 60.7 Å². The van der Waals surface area contributed by atoms with Crippen LogP contribution in [0.3, 0.4) is 0 Å². The summed E-state index contributed by atoms with van der Waals surface area (Å²) in [5, 5.41) is 5.34. The van der Waals surface area contributed by atoms with E-state index in [1.54, 1.807) is 6.20 Å². The standard InChI is InChI=1S/C24H22N2O2S/c1-2-24(22-9-5-7-17-6-3-4-8-21(17)22)29(27,28)26-13-12-19-14-18(10-11-23(19)26)20-15-25-16-20/h2-14,20,24-25H,1,15-16H2. The average Bonchev–Trinajstić information content (AvgIpc) is 3.11. The van der Waals surface area contributed by atoms with Crippen LogP contribution in [0, 0.1) is 0 Å². The topological polar surface area (TPSA) is 51.1 Å². The van der Waals surface area contributed by atoms with E-state index in [1.165, 1.54) is 15.6 Å². The molecule has 1 unspecified atom stereocenters. The quantitative estimate of drug-likeness (QED) is 0.497. The van der Waals surface area contributed by atoms with Gasteiger partial charge in [-0.15, -0.1) is 6.58 Å². The Hall–Kier alpha value is -2.89. The van der Waals surface area contributed by atoms with Crippen molar-refractivity contribution < 1.29 is 8.42 Å². The maximum absolute atomic E-state index is 13.7. The van der Waals surface area contributed by atoms with Crippen molar-refractivity contribution in [2.45, 2.75) is 11.2 Å². The zero-order valence-corrected chi connectivity index (χ0v) is 16.8. The van der Waals surface area contributed by atoms with Crippen LogP contribution in [-0.2, 0) is 10.0 Å². The Morgan fingerprint density at radius 1 is 1.00 bits per heavy atom. The SMILES string of the molecule is C=CC(c1cccc2ccccc12)S(=O)(=O)n1ccc2cc(C3CNC3)ccc21. The largest absolute Gasteiger partial charge is 0.315 e. The van der Waals surface area contributed by atoms with Crippen LogP contribution in [0.4, 0.5) is 0 Å². The lowest BCUT2D eigenvalue weighted by Gasteiger charge is -2.27. The summed E-state index contributed by atoms with van der Waals surface area (Å²) in [4.78, 5) is 0. The van der Waals surface area contributed by atoms with Gasteiger partial charge >= 0.3 is 0 Å². The molecule has 4 aromatic rings. The van der Waals surface area contributed by atoms with Crippen molar-refractivity contribution >= 4 is 31.7 Å². The molecule has 2 heterocycles. The van der Waals surface area contributed by atoms with Gasteiger partial charge in [0, 0.05) is 30.6 Å². The number of fused-ring (bicyclic) bond motifs is 2. The summed E-state index contributed by atoms with van der Waals surface area (Å²) < 4.78 is 28.7. The molecule has 1 aromatic heterocycles. The van der Waals surface area contributed by atoms with Gasteiger partial charge in [-0.05, 0) is 40.1 Å². The van der Waals surface area contributed by atoms with Crippen LogP contribution >= 0.6 is 0 Å². The molecule has 1 aliphatic rings. The highest BCUT2D eigenvalue weighted by Crippen LogP contribution is 2.34. The molecule has 5 heteroatoms. The zero-order chi connectivity index (χ0) is 20.0. The highest BCUT2D eigenvalue weighted by molar-refractivity contribution is 7.90. The minimum Gasteiger partial charge on any atom is -0.315 e. The number of hydrogen-bond acceptors (Lipinski definition) is 3. The van der Waals surface area contributed by atoms with Gasteiger partial charge in [0.05, 0.1) is 5.52 Å². The highest BCUT2D eigenvalue weighted by atomic mass is 32.2. The maximum Gasteiger partial charge on any atom is 0.249 e. The van der Waals surface area contributed by atoms with Crippen molar-refractivity contribution in [2.75, 3.05) is 13.1 Å². The van der Waals surface area contributed by atoms with E-state index in [9.17, 15) is 8.42 Å². The Morgan fingerprint density at radius 3 is 2.55 bits per heavy atom. The monoisotopic (exact) mass is 402 g/mol. The Kier molecular flexibility index (Phi) is 4.30. The minimum absolute atomic E-state index is 0.510. The third-order valence-corrected chi connectivity index (χ3v) is 7.83. The molecular weight excluding hydrogens is 380 g/mol. The molecule has 1 aliphatic heterocycles. The Balaban J connectivity index is 1.63. The molecule has 1 saturated heterocycles. The Bertz CT molecular complexity index is 1330. The van der Waals surface area contributed by atoms with Crippen LogP contribution < -0.4 is 5.32 Å². The number of rotatable bonds is 5. The van der Waals surface area contributed by atoms with Crippen LogP contribution in [0.5, 0.6) is 0 Å². The number of nitrogens with zero attached hydrogens (tertiary/aromatic N) is 1. The molecule has 0 radical (unpaired) electrons. The summed E-state index contributed by atoms with van der Waals surface area (Å²) in [7, 11) is -3.72. The molecule has 0 saturated carbocycles. The predicted molar refractivity (Wildman–Crippen MR) is 119 cm³/mol. The van der Waals surface area contributed by atoms with Crippen molar-refractivity contribution in [3.8, 4) is 0 Å². The highest BCUT2D eigenvalue weighted by Gasteiger charge is 2.29. The van der Waals surface area contributed by atoms with Gasteiger partial charge in [-0.25, -0.2) is 12.4 Å². The van der Waals surface area contributed by atoms with E-state index in [2.05, 4.69) is 18.0 Å². The predicted octanol–water partition coefficient (Wildman–Crippen LogP) is 4.59. The molecular formula is C24H22N2O2S. The summed E-state index contributed by atoms with van der Waals surface area (Å²) >= 11 is 0.